The minimum absolute atomic E-state index is 0.104. The number of ether oxygens (including phenoxy) is 1. The van der Waals surface area contributed by atoms with E-state index in [1.165, 1.54) is 0 Å². The van der Waals surface area contributed by atoms with Gasteiger partial charge in [-0.05, 0) is 48.2 Å². The molecule has 0 aromatic heterocycles. The zero-order valence-electron chi connectivity index (χ0n) is 16.1. The van der Waals surface area contributed by atoms with Crippen LogP contribution >= 0.6 is 12.2 Å². The van der Waals surface area contributed by atoms with Crippen molar-refractivity contribution in [1.29, 1.82) is 0 Å². The predicted octanol–water partition coefficient (Wildman–Crippen LogP) is 3.96. The van der Waals surface area contributed by atoms with Crippen molar-refractivity contribution in [3.05, 3.63) is 71.8 Å². The third-order valence-electron chi connectivity index (χ3n) is 4.00. The van der Waals surface area contributed by atoms with Crippen molar-refractivity contribution in [3.63, 3.8) is 0 Å². The molecule has 2 rings (SSSR count). The molecular weight excluding hydrogens is 372 g/mol. The Labute approximate surface area is 171 Å². The van der Waals surface area contributed by atoms with Crippen LogP contribution in [0.3, 0.4) is 0 Å². The highest BCUT2D eigenvalue weighted by molar-refractivity contribution is 7.80. The maximum absolute atomic E-state index is 12.3. The Morgan fingerprint density at radius 2 is 1.82 bits per heavy atom. The second kappa shape index (κ2) is 11.2. The number of thiocarbonyl (C=S) groups is 1. The van der Waals surface area contributed by atoms with Crippen LogP contribution in [0.2, 0.25) is 0 Å². The molecule has 0 aliphatic rings. The van der Waals surface area contributed by atoms with Gasteiger partial charge in [0.15, 0.2) is 0 Å². The molecule has 0 saturated carbocycles. The quantitative estimate of drug-likeness (QED) is 0.339. The summed E-state index contributed by atoms with van der Waals surface area (Å²) in [6.45, 7) is 4.58. The molecule has 0 fully saturated rings. The summed E-state index contributed by atoms with van der Waals surface area (Å²) >= 11 is 4.97. The Kier molecular flexibility index (Phi) is 8.65. The standard InChI is InChI=1S/C22H26N2O3S/c1-16(2)14-19(23-21(25)13-8-17-6-4-3-5-7-17)15-27-20-11-9-18(10-12-20)22(28)24-26/h3-13,16,19,26H,14-15H2,1-2H3,(H,23,25)(H,24,28)/t19-/m1/s1. The summed E-state index contributed by atoms with van der Waals surface area (Å²) in [5.41, 5.74) is 3.63. The number of carbonyl (C=O) groups excluding carboxylic acids is 1. The van der Waals surface area contributed by atoms with Gasteiger partial charge in [0.25, 0.3) is 0 Å². The van der Waals surface area contributed by atoms with E-state index in [0.717, 1.165) is 12.0 Å². The predicted molar refractivity (Wildman–Crippen MR) is 115 cm³/mol. The number of amides is 1. The van der Waals surface area contributed by atoms with Crippen LogP contribution in [0.1, 0.15) is 31.4 Å². The molecule has 1 atom stereocenters. The van der Waals surface area contributed by atoms with Crippen LogP contribution in [-0.4, -0.2) is 28.8 Å². The number of hydroxylamine groups is 1. The zero-order chi connectivity index (χ0) is 20.4. The number of rotatable bonds is 9. The average molecular weight is 399 g/mol. The summed E-state index contributed by atoms with van der Waals surface area (Å²) in [5.74, 6) is 0.947. The zero-order valence-corrected chi connectivity index (χ0v) is 16.9. The van der Waals surface area contributed by atoms with Crippen molar-refractivity contribution in [2.45, 2.75) is 26.3 Å². The Hall–Kier alpha value is -2.70. The Balaban J connectivity index is 1.92. The summed E-state index contributed by atoms with van der Waals surface area (Å²) in [5, 5.41) is 11.9. The van der Waals surface area contributed by atoms with Crippen LogP contribution in [-0.2, 0) is 4.79 Å². The molecule has 5 nitrogen and oxygen atoms in total. The monoisotopic (exact) mass is 398 g/mol. The van der Waals surface area contributed by atoms with Crippen molar-refractivity contribution in [2.24, 2.45) is 5.92 Å². The number of nitrogens with one attached hydrogen (secondary N) is 2. The van der Waals surface area contributed by atoms with Crippen LogP contribution in [0.5, 0.6) is 5.75 Å². The van der Waals surface area contributed by atoms with Gasteiger partial charge in [-0.1, -0.05) is 56.4 Å². The van der Waals surface area contributed by atoms with E-state index in [-0.39, 0.29) is 16.9 Å². The fraction of sp³-hybridized carbons (Fsp3) is 0.273. The number of hydrogen-bond donors (Lipinski definition) is 3. The SMILES string of the molecule is CC(C)C[C@H](COc1ccc(C(=S)NO)cc1)NC(=O)C=Cc1ccccc1. The van der Waals surface area contributed by atoms with E-state index < -0.39 is 0 Å². The molecule has 2 aromatic rings. The summed E-state index contributed by atoms with van der Waals surface area (Å²) in [7, 11) is 0. The summed E-state index contributed by atoms with van der Waals surface area (Å²) in [6.07, 6.45) is 4.14. The Morgan fingerprint density at radius 3 is 2.43 bits per heavy atom. The summed E-state index contributed by atoms with van der Waals surface area (Å²) in [6, 6.07) is 16.7. The number of carbonyl (C=O) groups is 1. The van der Waals surface area contributed by atoms with Gasteiger partial charge in [-0.25, -0.2) is 0 Å². The molecular formula is C22H26N2O3S. The Morgan fingerprint density at radius 1 is 1.14 bits per heavy atom. The molecule has 0 spiro atoms. The highest BCUT2D eigenvalue weighted by Gasteiger charge is 2.14. The Bertz CT molecular complexity index is 789. The maximum Gasteiger partial charge on any atom is 0.244 e. The summed E-state index contributed by atoms with van der Waals surface area (Å²) in [4.78, 5) is 12.5. The van der Waals surface area contributed by atoms with Gasteiger partial charge < -0.3 is 10.1 Å². The molecule has 6 heteroatoms. The van der Waals surface area contributed by atoms with Crippen LogP contribution in [0.25, 0.3) is 6.08 Å². The molecule has 0 heterocycles. The molecule has 2 aromatic carbocycles. The fourth-order valence-corrected chi connectivity index (χ4v) is 2.82. The molecule has 0 saturated heterocycles. The van der Waals surface area contributed by atoms with E-state index in [9.17, 15) is 4.79 Å². The van der Waals surface area contributed by atoms with Crippen LogP contribution in [0, 0.1) is 5.92 Å². The van der Waals surface area contributed by atoms with E-state index in [1.807, 2.05) is 35.8 Å². The van der Waals surface area contributed by atoms with Crippen LogP contribution in [0.4, 0.5) is 0 Å². The minimum atomic E-state index is -0.146. The molecule has 0 aliphatic carbocycles. The highest BCUT2D eigenvalue weighted by Crippen LogP contribution is 2.14. The average Bonchev–Trinajstić information content (AvgIpc) is 2.70. The van der Waals surface area contributed by atoms with E-state index in [2.05, 4.69) is 19.2 Å². The lowest BCUT2D eigenvalue weighted by molar-refractivity contribution is -0.117. The normalized spacial score (nSPS) is 12.0. The van der Waals surface area contributed by atoms with E-state index in [4.69, 9.17) is 22.2 Å². The first kappa shape index (κ1) is 21.6. The molecule has 0 bridgehead atoms. The van der Waals surface area contributed by atoms with Gasteiger partial charge in [-0.15, -0.1) is 0 Å². The smallest absolute Gasteiger partial charge is 0.244 e. The van der Waals surface area contributed by atoms with Crippen molar-refractivity contribution < 1.29 is 14.7 Å². The van der Waals surface area contributed by atoms with Gasteiger partial charge in [0.2, 0.25) is 5.91 Å². The van der Waals surface area contributed by atoms with Crippen molar-refractivity contribution in [3.8, 4) is 5.75 Å². The maximum atomic E-state index is 12.3. The molecule has 0 unspecified atom stereocenters. The van der Waals surface area contributed by atoms with E-state index in [0.29, 0.717) is 23.8 Å². The fourth-order valence-electron chi connectivity index (χ4n) is 2.69. The molecule has 1 amide bonds. The van der Waals surface area contributed by atoms with Crippen molar-refractivity contribution in [2.75, 3.05) is 6.61 Å². The second-order valence-electron chi connectivity index (χ2n) is 6.86. The van der Waals surface area contributed by atoms with E-state index in [1.54, 1.807) is 36.4 Å². The number of hydrogen-bond acceptors (Lipinski definition) is 4. The van der Waals surface area contributed by atoms with Crippen LogP contribution < -0.4 is 15.5 Å². The number of benzene rings is 2. The van der Waals surface area contributed by atoms with Gasteiger partial charge >= 0.3 is 0 Å². The molecule has 0 aliphatic heterocycles. The lowest BCUT2D eigenvalue weighted by atomic mass is 10.0. The van der Waals surface area contributed by atoms with E-state index >= 15 is 0 Å². The second-order valence-corrected chi connectivity index (χ2v) is 7.26. The third-order valence-corrected chi connectivity index (χ3v) is 4.33. The van der Waals surface area contributed by atoms with Gasteiger partial charge in [-0.3, -0.25) is 15.5 Å². The lowest BCUT2D eigenvalue weighted by Gasteiger charge is -2.20. The van der Waals surface area contributed by atoms with Crippen molar-refractivity contribution in [1.82, 2.24) is 10.8 Å². The van der Waals surface area contributed by atoms with Gasteiger partial charge in [0.05, 0.1) is 6.04 Å². The van der Waals surface area contributed by atoms with Crippen molar-refractivity contribution >= 4 is 29.2 Å². The largest absolute Gasteiger partial charge is 0.491 e. The highest BCUT2D eigenvalue weighted by atomic mass is 32.1. The molecule has 0 radical (unpaired) electrons. The minimum Gasteiger partial charge on any atom is -0.491 e. The molecule has 28 heavy (non-hydrogen) atoms. The van der Waals surface area contributed by atoms with Crippen LogP contribution in [0.15, 0.2) is 60.7 Å². The first-order valence-corrected chi connectivity index (χ1v) is 9.59. The lowest BCUT2D eigenvalue weighted by Crippen LogP contribution is -2.39. The third kappa shape index (κ3) is 7.50. The first-order chi connectivity index (χ1) is 13.5. The van der Waals surface area contributed by atoms with Gasteiger partial charge in [0, 0.05) is 11.6 Å². The summed E-state index contributed by atoms with van der Waals surface area (Å²) < 4.78 is 5.84. The molecule has 148 valence electrons. The topological polar surface area (TPSA) is 70.6 Å². The van der Waals surface area contributed by atoms with Gasteiger partial charge in [-0.2, -0.15) is 0 Å². The van der Waals surface area contributed by atoms with Gasteiger partial charge in [0.1, 0.15) is 17.3 Å². The first-order valence-electron chi connectivity index (χ1n) is 9.19. The molecule has 3 N–H and O–H groups in total.